The number of rotatable bonds is 12. The lowest BCUT2D eigenvalue weighted by Gasteiger charge is -2.20. The predicted molar refractivity (Wildman–Crippen MR) is 122 cm³/mol. The molecule has 0 radical (unpaired) electrons. The summed E-state index contributed by atoms with van der Waals surface area (Å²) in [5.74, 6) is -1.41. The fourth-order valence-electron chi connectivity index (χ4n) is 2.69. The third-order valence-corrected chi connectivity index (χ3v) is 6.01. The Kier molecular flexibility index (Phi) is 9.82. The number of sulfonamides is 1. The van der Waals surface area contributed by atoms with Crippen LogP contribution in [-0.2, 0) is 37.3 Å². The van der Waals surface area contributed by atoms with Crippen LogP contribution in [0.4, 0.5) is 0 Å². The maximum Gasteiger partial charge on any atom is 0.338 e. The minimum atomic E-state index is -3.25. The Morgan fingerprint density at radius 1 is 1.12 bits per heavy atom. The Balaban J connectivity index is 1.77. The molecule has 9 nitrogen and oxygen atoms in total. The number of likely N-dealkylation sites (N-methyl/N-ethyl adjacent to an activating group) is 1. The van der Waals surface area contributed by atoms with Crippen molar-refractivity contribution in [1.82, 2.24) is 14.9 Å². The zero-order valence-electron chi connectivity index (χ0n) is 18.0. The van der Waals surface area contributed by atoms with E-state index in [-0.39, 0.29) is 24.6 Å². The van der Waals surface area contributed by atoms with Crippen LogP contribution in [-0.4, -0.2) is 63.6 Å². The van der Waals surface area contributed by atoms with Gasteiger partial charge in [-0.2, -0.15) is 0 Å². The molecule has 2 amide bonds. The molecular formula is C21H27N3O6S2. The van der Waals surface area contributed by atoms with Crippen LogP contribution >= 0.6 is 11.3 Å². The van der Waals surface area contributed by atoms with Gasteiger partial charge in [0, 0.05) is 18.0 Å². The monoisotopic (exact) mass is 481 g/mol. The van der Waals surface area contributed by atoms with E-state index in [1.165, 1.54) is 16.2 Å². The molecule has 0 atom stereocenters. The van der Waals surface area contributed by atoms with Crippen LogP contribution < -0.4 is 10.0 Å². The van der Waals surface area contributed by atoms with E-state index >= 15 is 0 Å². The summed E-state index contributed by atoms with van der Waals surface area (Å²) in [5, 5.41) is 4.67. The first-order chi connectivity index (χ1) is 15.2. The van der Waals surface area contributed by atoms with Gasteiger partial charge in [-0.3, -0.25) is 9.59 Å². The van der Waals surface area contributed by atoms with Crippen molar-refractivity contribution in [3.8, 4) is 0 Å². The first kappa shape index (κ1) is 25.5. The minimum absolute atomic E-state index is 0.117. The number of hydrogen-bond donors (Lipinski definition) is 2. The largest absolute Gasteiger partial charge is 0.452 e. The number of hydrogen-bond acceptors (Lipinski definition) is 7. The fourth-order valence-corrected chi connectivity index (χ4v) is 3.81. The molecule has 0 aliphatic carbocycles. The second kappa shape index (κ2) is 12.3. The molecule has 0 saturated heterocycles. The minimum Gasteiger partial charge on any atom is -0.452 e. The van der Waals surface area contributed by atoms with Gasteiger partial charge in [0.25, 0.3) is 5.91 Å². The molecule has 2 rings (SSSR count). The zero-order chi connectivity index (χ0) is 23.6. The Morgan fingerprint density at radius 2 is 1.84 bits per heavy atom. The highest BCUT2D eigenvalue weighted by Crippen LogP contribution is 2.08. The third-order valence-electron chi connectivity index (χ3n) is 4.40. The topological polar surface area (TPSA) is 122 Å². The summed E-state index contributed by atoms with van der Waals surface area (Å²) in [7, 11) is -3.25. The predicted octanol–water partition coefficient (Wildman–Crippen LogP) is 1.16. The molecule has 0 spiro atoms. The number of amides is 2. The van der Waals surface area contributed by atoms with Crippen LogP contribution in [0.25, 0.3) is 0 Å². The summed E-state index contributed by atoms with van der Waals surface area (Å²) < 4.78 is 29.6. The van der Waals surface area contributed by atoms with Crippen molar-refractivity contribution in [3.63, 3.8) is 0 Å². The number of carbonyl (C=O) groups excluding carboxylic acids is 3. The van der Waals surface area contributed by atoms with Crippen molar-refractivity contribution < 1.29 is 27.5 Å². The van der Waals surface area contributed by atoms with Crippen LogP contribution in [0.15, 0.2) is 41.8 Å². The van der Waals surface area contributed by atoms with Crippen molar-refractivity contribution in [2.24, 2.45) is 0 Å². The quantitative estimate of drug-likeness (QED) is 0.439. The van der Waals surface area contributed by atoms with Gasteiger partial charge in [-0.1, -0.05) is 18.2 Å². The normalized spacial score (nSPS) is 11.1. The molecule has 0 aliphatic heterocycles. The van der Waals surface area contributed by atoms with E-state index < -0.39 is 28.5 Å². The van der Waals surface area contributed by atoms with Crippen molar-refractivity contribution in [3.05, 3.63) is 57.8 Å². The molecule has 11 heteroatoms. The van der Waals surface area contributed by atoms with Crippen molar-refractivity contribution >= 4 is 39.1 Å². The standard InChI is InChI=1S/C21H27N3O6S2/c1-3-24(14-19(25)22-13-18-5-4-12-31-18)20(26)15-30-21(27)17-8-6-16(7-9-17)10-11-23-32(2,28)29/h4-9,12,23H,3,10-11,13-15H2,1-2H3,(H,22,25). The summed E-state index contributed by atoms with van der Waals surface area (Å²) in [6.07, 6.45) is 1.56. The molecule has 0 bridgehead atoms. The zero-order valence-corrected chi connectivity index (χ0v) is 19.6. The van der Waals surface area contributed by atoms with E-state index in [4.69, 9.17) is 4.74 Å². The van der Waals surface area contributed by atoms with Gasteiger partial charge in [-0.15, -0.1) is 11.3 Å². The molecule has 0 aliphatic rings. The number of nitrogens with one attached hydrogen (secondary N) is 2. The lowest BCUT2D eigenvalue weighted by molar-refractivity contribution is -0.138. The lowest BCUT2D eigenvalue weighted by Crippen LogP contribution is -2.42. The van der Waals surface area contributed by atoms with Gasteiger partial charge in [0.1, 0.15) is 0 Å². The second-order valence-electron chi connectivity index (χ2n) is 6.95. The van der Waals surface area contributed by atoms with Gasteiger partial charge in [-0.25, -0.2) is 17.9 Å². The molecule has 32 heavy (non-hydrogen) atoms. The average molecular weight is 482 g/mol. The third kappa shape index (κ3) is 9.16. The highest BCUT2D eigenvalue weighted by Gasteiger charge is 2.18. The Hall–Kier alpha value is -2.76. The van der Waals surface area contributed by atoms with Crippen LogP contribution in [0.2, 0.25) is 0 Å². The molecule has 1 aromatic carbocycles. The summed E-state index contributed by atoms with van der Waals surface area (Å²) >= 11 is 1.53. The molecule has 0 fully saturated rings. The van der Waals surface area contributed by atoms with Crippen LogP contribution in [0, 0.1) is 0 Å². The SMILES string of the molecule is CCN(CC(=O)NCc1cccs1)C(=O)COC(=O)c1ccc(CCNS(C)(=O)=O)cc1. The Morgan fingerprint density at radius 3 is 2.44 bits per heavy atom. The molecule has 174 valence electrons. The molecular weight excluding hydrogens is 454 g/mol. The number of nitrogens with zero attached hydrogens (tertiary/aromatic N) is 1. The van der Waals surface area contributed by atoms with Crippen molar-refractivity contribution in [2.75, 3.05) is 32.5 Å². The average Bonchev–Trinajstić information content (AvgIpc) is 3.27. The van der Waals surface area contributed by atoms with E-state index in [9.17, 15) is 22.8 Å². The van der Waals surface area contributed by atoms with Crippen molar-refractivity contribution in [2.45, 2.75) is 19.9 Å². The maximum atomic E-state index is 12.3. The lowest BCUT2D eigenvalue weighted by atomic mass is 10.1. The van der Waals surface area contributed by atoms with Crippen molar-refractivity contribution in [1.29, 1.82) is 0 Å². The molecule has 1 aromatic heterocycles. The number of benzene rings is 1. The Bertz CT molecular complexity index is 1000. The van der Waals surface area contributed by atoms with E-state index in [0.29, 0.717) is 19.5 Å². The number of ether oxygens (including phenoxy) is 1. The van der Waals surface area contributed by atoms with E-state index in [1.807, 2.05) is 17.5 Å². The smallest absolute Gasteiger partial charge is 0.338 e. The van der Waals surface area contributed by atoms with Crippen LogP contribution in [0.1, 0.15) is 27.7 Å². The second-order valence-corrected chi connectivity index (χ2v) is 9.82. The van der Waals surface area contributed by atoms with Gasteiger partial charge in [-0.05, 0) is 42.5 Å². The van der Waals surface area contributed by atoms with E-state index in [0.717, 1.165) is 16.7 Å². The van der Waals surface area contributed by atoms with Gasteiger partial charge in [0.2, 0.25) is 15.9 Å². The maximum absolute atomic E-state index is 12.3. The molecule has 0 unspecified atom stereocenters. The number of thiophene rings is 1. The molecule has 0 saturated carbocycles. The fraction of sp³-hybridized carbons (Fsp3) is 0.381. The molecule has 2 N–H and O–H groups in total. The molecule has 1 heterocycles. The van der Waals surface area contributed by atoms with E-state index in [1.54, 1.807) is 31.2 Å². The highest BCUT2D eigenvalue weighted by molar-refractivity contribution is 7.88. The summed E-state index contributed by atoms with van der Waals surface area (Å²) in [6, 6.07) is 10.3. The van der Waals surface area contributed by atoms with Gasteiger partial charge in [0.15, 0.2) is 6.61 Å². The van der Waals surface area contributed by atoms with Gasteiger partial charge < -0.3 is 15.0 Å². The number of carbonyl (C=O) groups is 3. The number of esters is 1. The summed E-state index contributed by atoms with van der Waals surface area (Å²) in [5.41, 5.74) is 1.12. The molecule has 2 aromatic rings. The Labute approximate surface area is 191 Å². The summed E-state index contributed by atoms with van der Waals surface area (Å²) in [4.78, 5) is 39.0. The van der Waals surface area contributed by atoms with Crippen LogP contribution in [0.3, 0.4) is 0 Å². The van der Waals surface area contributed by atoms with Gasteiger partial charge >= 0.3 is 5.97 Å². The van der Waals surface area contributed by atoms with Crippen LogP contribution in [0.5, 0.6) is 0 Å². The first-order valence-electron chi connectivity index (χ1n) is 9.95. The summed E-state index contributed by atoms with van der Waals surface area (Å²) in [6.45, 7) is 2.12. The van der Waals surface area contributed by atoms with E-state index in [2.05, 4.69) is 10.0 Å². The van der Waals surface area contributed by atoms with Gasteiger partial charge in [0.05, 0.1) is 24.9 Å². The first-order valence-corrected chi connectivity index (χ1v) is 12.7. The highest BCUT2D eigenvalue weighted by atomic mass is 32.2.